The van der Waals surface area contributed by atoms with Crippen LogP contribution in [0.4, 0.5) is 0 Å². The van der Waals surface area contributed by atoms with Gasteiger partial charge in [0.15, 0.2) is 5.16 Å². The Morgan fingerprint density at radius 3 is 2.25 bits per heavy atom. The van der Waals surface area contributed by atoms with Crippen molar-refractivity contribution in [3.63, 3.8) is 0 Å². The van der Waals surface area contributed by atoms with Gasteiger partial charge >= 0.3 is 0 Å². The van der Waals surface area contributed by atoms with Gasteiger partial charge in [0, 0.05) is 29.8 Å². The molecule has 1 heterocycles. The molecule has 3 rings (SSSR count). The number of benzene rings is 2. The number of unbranched alkanes of at least 4 members (excludes halogenated alkanes) is 5. The number of rotatable bonds is 14. The van der Waals surface area contributed by atoms with Crippen molar-refractivity contribution in [3.8, 4) is 22.5 Å². The summed E-state index contributed by atoms with van der Waals surface area (Å²) >= 11 is 1.79. The minimum atomic E-state index is 0.204. The fourth-order valence-electron chi connectivity index (χ4n) is 3.62. The highest BCUT2D eigenvalue weighted by Gasteiger charge is 2.14. The molecule has 4 nitrogen and oxygen atoms in total. The third kappa shape index (κ3) is 7.86. The Labute approximate surface area is 196 Å². The maximum Gasteiger partial charge on any atom is 0.219 e. The Kier molecular flexibility index (Phi) is 10.4. The molecular formula is C27H35N3OS. The molecule has 0 saturated heterocycles. The lowest BCUT2D eigenvalue weighted by Crippen LogP contribution is -2.23. The molecule has 170 valence electrons. The quantitative estimate of drug-likeness (QED) is 0.204. The highest BCUT2D eigenvalue weighted by molar-refractivity contribution is 7.99. The van der Waals surface area contributed by atoms with Gasteiger partial charge in [-0.15, -0.1) is 0 Å². The minimum Gasteiger partial charge on any atom is -0.356 e. The Bertz CT molecular complexity index is 868. The third-order valence-electron chi connectivity index (χ3n) is 5.43. The summed E-state index contributed by atoms with van der Waals surface area (Å²) in [7, 11) is 0. The summed E-state index contributed by atoms with van der Waals surface area (Å²) in [5.41, 5.74) is 4.38. The predicted octanol–water partition coefficient (Wildman–Crippen LogP) is 7.09. The van der Waals surface area contributed by atoms with Crippen LogP contribution in [0.1, 0.15) is 58.3 Å². The number of imidazole rings is 1. The lowest BCUT2D eigenvalue weighted by molar-refractivity contribution is -0.121. The van der Waals surface area contributed by atoms with Crippen molar-refractivity contribution in [1.82, 2.24) is 15.3 Å². The highest BCUT2D eigenvalue weighted by Crippen LogP contribution is 2.32. The molecule has 0 aliphatic heterocycles. The second-order valence-electron chi connectivity index (χ2n) is 8.07. The molecule has 0 spiro atoms. The van der Waals surface area contributed by atoms with E-state index in [0.717, 1.165) is 72.1 Å². The molecule has 0 bridgehead atoms. The van der Waals surface area contributed by atoms with Gasteiger partial charge in [-0.1, -0.05) is 105 Å². The molecule has 0 fully saturated rings. The van der Waals surface area contributed by atoms with E-state index in [1.807, 2.05) is 12.1 Å². The number of hydrogen-bond donors (Lipinski definition) is 2. The van der Waals surface area contributed by atoms with E-state index >= 15 is 0 Å². The summed E-state index contributed by atoms with van der Waals surface area (Å²) in [6.07, 6.45) is 8.52. The van der Waals surface area contributed by atoms with Gasteiger partial charge in [0.25, 0.3) is 0 Å². The van der Waals surface area contributed by atoms with Gasteiger partial charge in [0.1, 0.15) is 0 Å². The molecule has 0 aliphatic rings. The fraction of sp³-hybridized carbons (Fsp3) is 0.407. The van der Waals surface area contributed by atoms with Crippen LogP contribution in [0.2, 0.25) is 0 Å². The molecule has 0 aliphatic carbocycles. The number of aromatic amines is 1. The lowest BCUT2D eigenvalue weighted by atomic mass is 10.1. The number of carbonyl (C=O) groups excluding carboxylic acids is 1. The van der Waals surface area contributed by atoms with Crippen LogP contribution >= 0.6 is 11.8 Å². The fourth-order valence-corrected chi connectivity index (χ4v) is 4.49. The summed E-state index contributed by atoms with van der Waals surface area (Å²) < 4.78 is 0. The monoisotopic (exact) mass is 449 g/mol. The van der Waals surface area contributed by atoms with Crippen molar-refractivity contribution < 1.29 is 4.79 Å². The SMILES string of the molecule is CCCCNC(=O)CCCCCCCSc1nc(-c2ccccc2)c(-c2ccccc2)[nH]1. The van der Waals surface area contributed by atoms with Crippen LogP contribution in [0.5, 0.6) is 0 Å². The van der Waals surface area contributed by atoms with E-state index in [2.05, 4.69) is 65.8 Å². The van der Waals surface area contributed by atoms with Crippen LogP contribution in [0, 0.1) is 0 Å². The van der Waals surface area contributed by atoms with Crippen molar-refractivity contribution in [2.75, 3.05) is 12.3 Å². The first-order valence-corrected chi connectivity index (χ1v) is 12.9. The molecular weight excluding hydrogens is 414 g/mol. The second kappa shape index (κ2) is 13.8. The first kappa shape index (κ1) is 24.1. The number of nitrogens with one attached hydrogen (secondary N) is 2. The summed E-state index contributed by atoms with van der Waals surface area (Å²) in [6, 6.07) is 20.8. The summed E-state index contributed by atoms with van der Waals surface area (Å²) in [5, 5.41) is 3.97. The van der Waals surface area contributed by atoms with Crippen LogP contribution in [0.25, 0.3) is 22.5 Å². The van der Waals surface area contributed by atoms with Crippen molar-refractivity contribution in [2.45, 2.75) is 63.4 Å². The lowest BCUT2D eigenvalue weighted by Gasteiger charge is -2.04. The Morgan fingerprint density at radius 2 is 1.53 bits per heavy atom. The average molecular weight is 450 g/mol. The van der Waals surface area contributed by atoms with Gasteiger partial charge in [-0.2, -0.15) is 0 Å². The first-order chi connectivity index (χ1) is 15.8. The first-order valence-electron chi connectivity index (χ1n) is 11.9. The second-order valence-corrected chi connectivity index (χ2v) is 9.15. The zero-order valence-electron chi connectivity index (χ0n) is 19.1. The largest absolute Gasteiger partial charge is 0.356 e. The third-order valence-corrected chi connectivity index (χ3v) is 6.39. The Morgan fingerprint density at radius 1 is 0.875 bits per heavy atom. The number of carbonyl (C=O) groups is 1. The molecule has 2 N–H and O–H groups in total. The van der Waals surface area contributed by atoms with Crippen molar-refractivity contribution in [3.05, 3.63) is 60.7 Å². The number of nitrogens with zero attached hydrogens (tertiary/aromatic N) is 1. The molecule has 0 unspecified atom stereocenters. The molecule has 0 radical (unpaired) electrons. The number of amides is 1. The minimum absolute atomic E-state index is 0.204. The van der Waals surface area contributed by atoms with E-state index < -0.39 is 0 Å². The van der Waals surface area contributed by atoms with Crippen LogP contribution < -0.4 is 5.32 Å². The Balaban J connectivity index is 1.42. The maximum atomic E-state index is 11.7. The van der Waals surface area contributed by atoms with E-state index in [0.29, 0.717) is 6.42 Å². The van der Waals surface area contributed by atoms with E-state index in [9.17, 15) is 4.79 Å². The molecule has 0 saturated carbocycles. The molecule has 5 heteroatoms. The van der Waals surface area contributed by atoms with E-state index in [1.54, 1.807) is 11.8 Å². The van der Waals surface area contributed by atoms with Gasteiger partial charge < -0.3 is 10.3 Å². The van der Waals surface area contributed by atoms with Crippen LogP contribution in [0.3, 0.4) is 0 Å². The van der Waals surface area contributed by atoms with Gasteiger partial charge in [-0.25, -0.2) is 4.98 Å². The van der Waals surface area contributed by atoms with E-state index in [-0.39, 0.29) is 5.91 Å². The molecule has 2 aromatic carbocycles. The summed E-state index contributed by atoms with van der Waals surface area (Å²) in [5.74, 6) is 1.25. The number of hydrogen-bond acceptors (Lipinski definition) is 3. The molecule has 0 atom stereocenters. The number of H-pyrrole nitrogens is 1. The van der Waals surface area contributed by atoms with Crippen molar-refractivity contribution in [2.24, 2.45) is 0 Å². The normalized spacial score (nSPS) is 10.9. The van der Waals surface area contributed by atoms with E-state index in [4.69, 9.17) is 4.98 Å². The summed E-state index contributed by atoms with van der Waals surface area (Å²) in [6.45, 7) is 2.96. The van der Waals surface area contributed by atoms with E-state index in [1.165, 1.54) is 12.8 Å². The molecule has 1 amide bonds. The smallest absolute Gasteiger partial charge is 0.219 e. The van der Waals surface area contributed by atoms with Gasteiger partial charge in [0.2, 0.25) is 5.91 Å². The predicted molar refractivity (Wildman–Crippen MR) is 136 cm³/mol. The highest BCUT2D eigenvalue weighted by atomic mass is 32.2. The average Bonchev–Trinajstić information content (AvgIpc) is 3.26. The number of aromatic nitrogens is 2. The van der Waals surface area contributed by atoms with Gasteiger partial charge in [-0.3, -0.25) is 4.79 Å². The zero-order valence-corrected chi connectivity index (χ0v) is 19.9. The van der Waals surface area contributed by atoms with Crippen LogP contribution in [-0.2, 0) is 4.79 Å². The Hall–Kier alpha value is -2.53. The summed E-state index contributed by atoms with van der Waals surface area (Å²) in [4.78, 5) is 20.2. The van der Waals surface area contributed by atoms with Gasteiger partial charge in [0.05, 0.1) is 11.4 Å². The van der Waals surface area contributed by atoms with Crippen molar-refractivity contribution >= 4 is 17.7 Å². The molecule has 3 aromatic rings. The molecule has 1 aromatic heterocycles. The topological polar surface area (TPSA) is 57.8 Å². The van der Waals surface area contributed by atoms with Crippen LogP contribution in [0.15, 0.2) is 65.8 Å². The maximum absolute atomic E-state index is 11.7. The van der Waals surface area contributed by atoms with Crippen molar-refractivity contribution in [1.29, 1.82) is 0 Å². The van der Waals surface area contributed by atoms with Crippen LogP contribution in [-0.4, -0.2) is 28.2 Å². The molecule has 32 heavy (non-hydrogen) atoms. The standard InChI is InChI=1S/C27H35N3OS/c1-2-3-20-28-24(31)19-13-5-4-6-14-21-32-27-29-25(22-15-9-7-10-16-22)26(30-27)23-17-11-8-12-18-23/h7-12,15-18H,2-6,13-14,19-21H2,1H3,(H,28,31)(H,29,30). The number of thioether (sulfide) groups is 1. The van der Waals surface area contributed by atoms with Gasteiger partial charge in [-0.05, 0) is 19.3 Å². The zero-order chi connectivity index (χ0) is 22.4.